The summed E-state index contributed by atoms with van der Waals surface area (Å²) >= 11 is 9.39. The summed E-state index contributed by atoms with van der Waals surface area (Å²) in [5, 5.41) is 13.6. The van der Waals surface area contributed by atoms with Crippen LogP contribution in [0.2, 0.25) is 5.02 Å². The molecule has 0 bridgehead atoms. The molecule has 1 aromatic rings. The Balaban J connectivity index is 1.97. The van der Waals surface area contributed by atoms with Gasteiger partial charge in [-0.2, -0.15) is 0 Å². The average molecular weight is 361 g/mol. The van der Waals surface area contributed by atoms with Crippen molar-refractivity contribution in [1.29, 1.82) is 0 Å². The Morgan fingerprint density at radius 2 is 2.15 bits per heavy atom. The second-order valence-electron chi connectivity index (χ2n) is 5.69. The summed E-state index contributed by atoms with van der Waals surface area (Å²) in [4.78, 5) is 12.1. The van der Waals surface area contributed by atoms with Crippen LogP contribution in [0.4, 0.5) is 0 Å². The van der Waals surface area contributed by atoms with Gasteiger partial charge in [-0.25, -0.2) is 0 Å². The molecule has 0 unspecified atom stereocenters. The lowest BCUT2D eigenvalue weighted by molar-refractivity contribution is -0.00539. The standard InChI is InChI=1S/C15H19BrClNO2/c1-10-5-7-15(20,8-6-10)9-18-14(19)11-3-2-4-12(16)13(11)17/h2-4,10,20H,5-9H2,1H3,(H,18,19). The number of carbonyl (C=O) groups is 1. The van der Waals surface area contributed by atoms with Gasteiger partial charge in [-0.05, 0) is 59.7 Å². The zero-order valence-corrected chi connectivity index (χ0v) is 13.8. The van der Waals surface area contributed by atoms with Crippen molar-refractivity contribution < 1.29 is 9.90 Å². The zero-order valence-electron chi connectivity index (χ0n) is 11.5. The molecule has 2 rings (SSSR count). The molecule has 0 atom stereocenters. The summed E-state index contributed by atoms with van der Waals surface area (Å²) in [5.74, 6) is 0.411. The average Bonchev–Trinajstić information content (AvgIpc) is 2.43. The molecule has 2 N–H and O–H groups in total. The van der Waals surface area contributed by atoms with Gasteiger partial charge in [-0.3, -0.25) is 4.79 Å². The fraction of sp³-hybridized carbons (Fsp3) is 0.533. The van der Waals surface area contributed by atoms with Crippen molar-refractivity contribution >= 4 is 33.4 Å². The van der Waals surface area contributed by atoms with Crippen LogP contribution >= 0.6 is 27.5 Å². The second-order valence-corrected chi connectivity index (χ2v) is 6.92. The molecule has 0 aromatic heterocycles. The molecule has 1 fully saturated rings. The summed E-state index contributed by atoms with van der Waals surface area (Å²) in [7, 11) is 0. The van der Waals surface area contributed by atoms with Crippen molar-refractivity contribution in [1.82, 2.24) is 5.32 Å². The van der Waals surface area contributed by atoms with E-state index in [1.165, 1.54) is 0 Å². The van der Waals surface area contributed by atoms with Gasteiger partial charge in [0.15, 0.2) is 0 Å². The van der Waals surface area contributed by atoms with Crippen LogP contribution in [0.3, 0.4) is 0 Å². The highest BCUT2D eigenvalue weighted by molar-refractivity contribution is 9.10. The van der Waals surface area contributed by atoms with Crippen molar-refractivity contribution in [2.45, 2.75) is 38.2 Å². The van der Waals surface area contributed by atoms with E-state index in [2.05, 4.69) is 28.2 Å². The first-order valence-corrected chi connectivity index (χ1v) is 8.03. The fourth-order valence-corrected chi connectivity index (χ4v) is 3.07. The molecule has 1 aliphatic carbocycles. The number of hydrogen-bond acceptors (Lipinski definition) is 2. The molecule has 0 saturated heterocycles. The molecular formula is C15H19BrClNO2. The van der Waals surface area contributed by atoms with Gasteiger partial charge in [0.1, 0.15) is 0 Å². The number of amides is 1. The highest BCUT2D eigenvalue weighted by atomic mass is 79.9. The van der Waals surface area contributed by atoms with E-state index in [0.29, 0.717) is 21.0 Å². The number of benzene rings is 1. The summed E-state index contributed by atoms with van der Waals surface area (Å²) in [5.41, 5.74) is -0.352. The van der Waals surface area contributed by atoms with Crippen molar-refractivity contribution in [3.8, 4) is 0 Å². The third-order valence-corrected chi connectivity index (χ3v) is 5.28. The molecule has 3 nitrogen and oxygen atoms in total. The Hall–Kier alpha value is -0.580. The van der Waals surface area contributed by atoms with Crippen LogP contribution in [-0.4, -0.2) is 23.2 Å². The first-order valence-electron chi connectivity index (χ1n) is 6.86. The highest BCUT2D eigenvalue weighted by Crippen LogP contribution is 2.31. The lowest BCUT2D eigenvalue weighted by atomic mass is 9.79. The molecule has 0 aliphatic heterocycles. The smallest absolute Gasteiger partial charge is 0.252 e. The molecule has 1 aromatic carbocycles. The maximum atomic E-state index is 12.1. The largest absolute Gasteiger partial charge is 0.388 e. The van der Waals surface area contributed by atoms with Gasteiger partial charge in [0.05, 0.1) is 16.2 Å². The summed E-state index contributed by atoms with van der Waals surface area (Å²) in [6.07, 6.45) is 3.48. The van der Waals surface area contributed by atoms with E-state index in [1.807, 2.05) is 0 Å². The normalized spacial score (nSPS) is 26.3. The minimum atomic E-state index is -0.777. The van der Waals surface area contributed by atoms with Crippen molar-refractivity contribution in [3.63, 3.8) is 0 Å². The first kappa shape index (κ1) is 15.8. The molecule has 0 radical (unpaired) electrons. The Morgan fingerprint density at radius 1 is 1.50 bits per heavy atom. The molecule has 0 heterocycles. The molecule has 1 aliphatic rings. The molecule has 5 heteroatoms. The highest BCUT2D eigenvalue weighted by Gasteiger charge is 2.32. The van der Waals surface area contributed by atoms with Crippen LogP contribution in [0.1, 0.15) is 43.0 Å². The van der Waals surface area contributed by atoms with Gasteiger partial charge in [0.2, 0.25) is 0 Å². The number of aliphatic hydroxyl groups is 1. The topological polar surface area (TPSA) is 49.3 Å². The van der Waals surface area contributed by atoms with E-state index >= 15 is 0 Å². The molecule has 20 heavy (non-hydrogen) atoms. The van der Waals surface area contributed by atoms with Crippen LogP contribution in [0, 0.1) is 5.92 Å². The number of nitrogens with one attached hydrogen (secondary N) is 1. The molecular weight excluding hydrogens is 342 g/mol. The van der Waals surface area contributed by atoms with Crippen molar-refractivity contribution in [2.75, 3.05) is 6.54 Å². The second kappa shape index (κ2) is 6.46. The Kier molecular flexibility index (Phi) is 5.10. The van der Waals surface area contributed by atoms with Crippen LogP contribution in [0.25, 0.3) is 0 Å². The van der Waals surface area contributed by atoms with Crippen LogP contribution in [0.5, 0.6) is 0 Å². The molecule has 0 spiro atoms. The Labute approximate surface area is 132 Å². The molecule has 110 valence electrons. The van der Waals surface area contributed by atoms with Crippen LogP contribution < -0.4 is 5.32 Å². The first-order chi connectivity index (χ1) is 9.41. The number of hydrogen-bond donors (Lipinski definition) is 2. The van der Waals surface area contributed by atoms with E-state index in [9.17, 15) is 9.90 Å². The van der Waals surface area contributed by atoms with E-state index < -0.39 is 5.60 Å². The van der Waals surface area contributed by atoms with Gasteiger partial charge in [-0.15, -0.1) is 0 Å². The number of rotatable bonds is 3. The van der Waals surface area contributed by atoms with Gasteiger partial charge < -0.3 is 10.4 Å². The maximum absolute atomic E-state index is 12.1. The lowest BCUT2D eigenvalue weighted by Gasteiger charge is -2.35. The van der Waals surface area contributed by atoms with E-state index in [0.717, 1.165) is 25.7 Å². The van der Waals surface area contributed by atoms with Crippen molar-refractivity contribution in [3.05, 3.63) is 33.3 Å². The SMILES string of the molecule is CC1CCC(O)(CNC(=O)c2cccc(Br)c2Cl)CC1. The predicted octanol–water partition coefficient (Wildman–Crippen LogP) is 3.77. The summed E-state index contributed by atoms with van der Waals surface area (Å²) in [6, 6.07) is 5.23. The molecule has 1 amide bonds. The predicted molar refractivity (Wildman–Crippen MR) is 84.1 cm³/mol. The third kappa shape index (κ3) is 3.74. The van der Waals surface area contributed by atoms with Crippen LogP contribution in [-0.2, 0) is 0 Å². The quantitative estimate of drug-likeness (QED) is 0.862. The Bertz CT molecular complexity index is 499. The zero-order chi connectivity index (χ0) is 14.8. The van der Waals surface area contributed by atoms with E-state index in [1.54, 1.807) is 18.2 Å². The summed E-state index contributed by atoms with van der Waals surface area (Å²) in [6.45, 7) is 2.47. The fourth-order valence-electron chi connectivity index (χ4n) is 2.50. The monoisotopic (exact) mass is 359 g/mol. The molecule has 1 saturated carbocycles. The van der Waals surface area contributed by atoms with Gasteiger partial charge in [-0.1, -0.05) is 24.6 Å². The van der Waals surface area contributed by atoms with Gasteiger partial charge >= 0.3 is 0 Å². The van der Waals surface area contributed by atoms with Gasteiger partial charge in [0.25, 0.3) is 5.91 Å². The minimum absolute atomic E-state index is 0.247. The van der Waals surface area contributed by atoms with Crippen molar-refractivity contribution in [2.24, 2.45) is 5.92 Å². The van der Waals surface area contributed by atoms with Crippen LogP contribution in [0.15, 0.2) is 22.7 Å². The maximum Gasteiger partial charge on any atom is 0.252 e. The lowest BCUT2D eigenvalue weighted by Crippen LogP contribution is -2.45. The number of halogens is 2. The van der Waals surface area contributed by atoms with E-state index in [-0.39, 0.29) is 12.5 Å². The Morgan fingerprint density at radius 3 is 2.80 bits per heavy atom. The number of carbonyl (C=O) groups excluding carboxylic acids is 1. The summed E-state index contributed by atoms with van der Waals surface area (Å²) < 4.78 is 0.692. The van der Waals surface area contributed by atoms with E-state index in [4.69, 9.17) is 11.6 Å². The third-order valence-electron chi connectivity index (χ3n) is 3.98. The minimum Gasteiger partial charge on any atom is -0.388 e. The van der Waals surface area contributed by atoms with Gasteiger partial charge in [0, 0.05) is 11.0 Å².